The zero-order valence-electron chi connectivity index (χ0n) is 10.8. The van der Waals surface area contributed by atoms with Crippen LogP contribution >= 0.6 is 12.4 Å². The third-order valence-electron chi connectivity index (χ3n) is 4.30. The highest BCUT2D eigenvalue weighted by molar-refractivity contribution is 5.85. The van der Waals surface area contributed by atoms with Gasteiger partial charge in [-0.3, -0.25) is 4.79 Å². The van der Waals surface area contributed by atoms with Gasteiger partial charge in [0, 0.05) is 19.5 Å². The van der Waals surface area contributed by atoms with E-state index in [4.69, 9.17) is 0 Å². The van der Waals surface area contributed by atoms with E-state index < -0.39 is 0 Å². The maximum atomic E-state index is 11.8. The van der Waals surface area contributed by atoms with E-state index in [0.29, 0.717) is 11.3 Å². The number of hydrogen-bond acceptors (Lipinski definition) is 2. The Bertz CT molecular complexity index is 242. The molecule has 1 N–H and O–H groups in total. The molecule has 0 aliphatic carbocycles. The monoisotopic (exact) mass is 260 g/mol. The van der Waals surface area contributed by atoms with Gasteiger partial charge in [-0.05, 0) is 50.6 Å². The Morgan fingerprint density at radius 1 is 1.18 bits per heavy atom. The Kier molecular flexibility index (Phi) is 5.74. The number of piperidine rings is 2. The van der Waals surface area contributed by atoms with Crippen LogP contribution in [0.1, 0.15) is 45.4 Å². The Labute approximate surface area is 111 Å². The van der Waals surface area contributed by atoms with Gasteiger partial charge in [-0.2, -0.15) is 0 Å². The van der Waals surface area contributed by atoms with Crippen LogP contribution in [0.15, 0.2) is 0 Å². The lowest BCUT2D eigenvalue weighted by Gasteiger charge is -2.44. The number of nitrogens with zero attached hydrogens (tertiary/aromatic N) is 1. The van der Waals surface area contributed by atoms with Gasteiger partial charge < -0.3 is 10.2 Å². The summed E-state index contributed by atoms with van der Waals surface area (Å²) < 4.78 is 0. The summed E-state index contributed by atoms with van der Waals surface area (Å²) in [6.07, 6.45) is 6.78. The summed E-state index contributed by atoms with van der Waals surface area (Å²) in [5.74, 6) is 0.367. The van der Waals surface area contributed by atoms with Crippen molar-refractivity contribution in [1.29, 1.82) is 0 Å². The number of amides is 1. The van der Waals surface area contributed by atoms with Crippen molar-refractivity contribution in [3.05, 3.63) is 0 Å². The van der Waals surface area contributed by atoms with Crippen LogP contribution in [0.25, 0.3) is 0 Å². The van der Waals surface area contributed by atoms with Gasteiger partial charge in [0.25, 0.3) is 0 Å². The average Bonchev–Trinajstić information content (AvgIpc) is 2.31. The molecule has 17 heavy (non-hydrogen) atoms. The van der Waals surface area contributed by atoms with Crippen LogP contribution in [-0.2, 0) is 4.79 Å². The fourth-order valence-electron chi connectivity index (χ4n) is 3.06. The smallest absolute Gasteiger partial charge is 0.222 e. The topological polar surface area (TPSA) is 32.3 Å². The van der Waals surface area contributed by atoms with Crippen LogP contribution in [0.5, 0.6) is 0 Å². The summed E-state index contributed by atoms with van der Waals surface area (Å²) in [5, 5.41) is 3.43. The van der Waals surface area contributed by atoms with Crippen molar-refractivity contribution in [2.24, 2.45) is 5.41 Å². The molecule has 2 heterocycles. The SMILES string of the molecule is CCCC(=O)N1CCC2(CCNCC2)CC1.Cl. The van der Waals surface area contributed by atoms with Crippen LogP contribution in [0.3, 0.4) is 0 Å². The Balaban J connectivity index is 0.00000144. The number of rotatable bonds is 2. The minimum absolute atomic E-state index is 0. The molecule has 100 valence electrons. The van der Waals surface area contributed by atoms with E-state index in [1.165, 1.54) is 38.8 Å². The molecule has 0 atom stereocenters. The number of carbonyl (C=O) groups excluding carboxylic acids is 1. The maximum absolute atomic E-state index is 11.8. The molecule has 0 aromatic heterocycles. The van der Waals surface area contributed by atoms with Gasteiger partial charge >= 0.3 is 0 Å². The van der Waals surface area contributed by atoms with Crippen LogP contribution in [0, 0.1) is 5.41 Å². The zero-order valence-corrected chi connectivity index (χ0v) is 11.7. The molecule has 0 bridgehead atoms. The molecule has 4 heteroatoms. The van der Waals surface area contributed by atoms with Crippen LogP contribution in [-0.4, -0.2) is 37.0 Å². The average molecular weight is 261 g/mol. The molecule has 1 amide bonds. The number of likely N-dealkylation sites (tertiary alicyclic amines) is 1. The van der Waals surface area contributed by atoms with Crippen molar-refractivity contribution < 1.29 is 4.79 Å². The second-order valence-corrected chi connectivity index (χ2v) is 5.38. The fourth-order valence-corrected chi connectivity index (χ4v) is 3.06. The van der Waals surface area contributed by atoms with E-state index in [1.807, 2.05) is 0 Å². The number of hydrogen-bond donors (Lipinski definition) is 1. The molecule has 2 fully saturated rings. The van der Waals surface area contributed by atoms with Crippen LogP contribution < -0.4 is 5.32 Å². The maximum Gasteiger partial charge on any atom is 0.222 e. The summed E-state index contributed by atoms with van der Waals surface area (Å²) in [4.78, 5) is 13.9. The van der Waals surface area contributed by atoms with Crippen molar-refractivity contribution in [3.63, 3.8) is 0 Å². The normalized spacial score (nSPS) is 23.2. The Hall–Kier alpha value is -0.280. The van der Waals surface area contributed by atoms with Gasteiger partial charge in [0.1, 0.15) is 0 Å². The zero-order chi connectivity index (χ0) is 11.4. The number of nitrogens with one attached hydrogen (secondary N) is 1. The summed E-state index contributed by atoms with van der Waals surface area (Å²) in [5.41, 5.74) is 0.564. The summed E-state index contributed by atoms with van der Waals surface area (Å²) in [6.45, 7) is 6.42. The molecule has 2 aliphatic rings. The standard InChI is InChI=1S/C13H24N2O.ClH/c1-2-3-12(16)15-10-6-13(7-11-15)4-8-14-9-5-13;/h14H,2-11H2,1H3;1H. The minimum atomic E-state index is 0. The quantitative estimate of drug-likeness (QED) is 0.826. The molecule has 1 spiro atoms. The predicted octanol–water partition coefficient (Wildman–Crippen LogP) is 2.20. The highest BCUT2D eigenvalue weighted by Crippen LogP contribution is 2.39. The molecule has 0 aromatic rings. The second kappa shape index (κ2) is 6.60. The van der Waals surface area contributed by atoms with E-state index in [-0.39, 0.29) is 12.4 Å². The fraction of sp³-hybridized carbons (Fsp3) is 0.923. The molecule has 0 saturated carbocycles. The molecular formula is C13H25ClN2O. The molecule has 2 rings (SSSR count). The van der Waals surface area contributed by atoms with E-state index in [9.17, 15) is 4.79 Å². The van der Waals surface area contributed by atoms with Crippen molar-refractivity contribution in [2.75, 3.05) is 26.2 Å². The first-order chi connectivity index (χ1) is 7.76. The molecule has 0 aromatic carbocycles. The summed E-state index contributed by atoms with van der Waals surface area (Å²) in [7, 11) is 0. The van der Waals surface area contributed by atoms with Crippen molar-refractivity contribution in [3.8, 4) is 0 Å². The van der Waals surface area contributed by atoms with Crippen molar-refractivity contribution in [2.45, 2.75) is 45.4 Å². The Morgan fingerprint density at radius 3 is 2.29 bits per heavy atom. The van der Waals surface area contributed by atoms with Gasteiger partial charge in [0.05, 0.1) is 0 Å². The second-order valence-electron chi connectivity index (χ2n) is 5.38. The molecule has 0 unspecified atom stereocenters. The summed E-state index contributed by atoms with van der Waals surface area (Å²) >= 11 is 0. The number of halogens is 1. The third kappa shape index (κ3) is 3.59. The largest absolute Gasteiger partial charge is 0.343 e. The first kappa shape index (κ1) is 14.8. The van der Waals surface area contributed by atoms with E-state index in [2.05, 4.69) is 17.1 Å². The highest BCUT2D eigenvalue weighted by Gasteiger charge is 2.36. The third-order valence-corrected chi connectivity index (χ3v) is 4.30. The highest BCUT2D eigenvalue weighted by atomic mass is 35.5. The molecular weight excluding hydrogens is 236 g/mol. The molecule has 2 saturated heterocycles. The van der Waals surface area contributed by atoms with Gasteiger partial charge in [-0.25, -0.2) is 0 Å². The minimum Gasteiger partial charge on any atom is -0.343 e. The van der Waals surface area contributed by atoms with Gasteiger partial charge in [-0.15, -0.1) is 12.4 Å². The lowest BCUT2D eigenvalue weighted by atomic mass is 9.71. The van der Waals surface area contributed by atoms with Crippen LogP contribution in [0.2, 0.25) is 0 Å². The first-order valence-electron chi connectivity index (χ1n) is 6.74. The lowest BCUT2D eigenvalue weighted by Crippen LogP contribution is -2.47. The van der Waals surface area contributed by atoms with E-state index in [1.54, 1.807) is 0 Å². The Morgan fingerprint density at radius 2 is 1.76 bits per heavy atom. The first-order valence-corrected chi connectivity index (χ1v) is 6.74. The van der Waals surface area contributed by atoms with Crippen LogP contribution in [0.4, 0.5) is 0 Å². The summed E-state index contributed by atoms with van der Waals surface area (Å²) in [6, 6.07) is 0. The molecule has 0 radical (unpaired) electrons. The van der Waals surface area contributed by atoms with Gasteiger partial charge in [-0.1, -0.05) is 6.92 Å². The van der Waals surface area contributed by atoms with E-state index in [0.717, 1.165) is 25.9 Å². The number of carbonyl (C=O) groups is 1. The lowest BCUT2D eigenvalue weighted by molar-refractivity contribution is -0.133. The van der Waals surface area contributed by atoms with E-state index >= 15 is 0 Å². The molecule has 3 nitrogen and oxygen atoms in total. The van der Waals surface area contributed by atoms with Crippen molar-refractivity contribution in [1.82, 2.24) is 10.2 Å². The van der Waals surface area contributed by atoms with Gasteiger partial charge in [0.2, 0.25) is 5.91 Å². The van der Waals surface area contributed by atoms with Gasteiger partial charge in [0.15, 0.2) is 0 Å². The molecule has 2 aliphatic heterocycles. The predicted molar refractivity (Wildman–Crippen MR) is 72.5 cm³/mol. The van der Waals surface area contributed by atoms with Crippen molar-refractivity contribution >= 4 is 18.3 Å².